The number of carbonyl (C=O) groups is 1. The summed E-state index contributed by atoms with van der Waals surface area (Å²) in [6.45, 7) is 10.8. The van der Waals surface area contributed by atoms with E-state index in [0.29, 0.717) is 12.3 Å². The van der Waals surface area contributed by atoms with Crippen LogP contribution in [-0.2, 0) is 4.79 Å². The molecule has 2 heterocycles. The van der Waals surface area contributed by atoms with Crippen molar-refractivity contribution < 1.29 is 4.79 Å². The zero-order valence-corrected chi connectivity index (χ0v) is 16.2. The number of fused-ring (bicyclic) bond motifs is 1. The molecule has 0 radical (unpaired) electrons. The molecule has 0 spiro atoms. The number of aromatic amines is 1. The number of nitrogens with one attached hydrogen (secondary N) is 2. The first-order valence-electron chi connectivity index (χ1n) is 9.45. The van der Waals surface area contributed by atoms with Gasteiger partial charge in [0, 0.05) is 34.9 Å². The Bertz CT molecular complexity index is 917. The van der Waals surface area contributed by atoms with Crippen molar-refractivity contribution in [3.05, 3.63) is 57.9 Å². The van der Waals surface area contributed by atoms with Crippen LogP contribution in [0.15, 0.2) is 35.5 Å². The highest BCUT2D eigenvalue weighted by Gasteiger charge is 2.43. The molecule has 136 valence electrons. The predicted octanol–water partition coefficient (Wildman–Crippen LogP) is 5.04. The maximum Gasteiger partial charge on any atom is 0.162 e. The number of hydrogen-bond acceptors (Lipinski definition) is 3. The Kier molecular flexibility index (Phi) is 3.83. The van der Waals surface area contributed by atoms with E-state index in [1.165, 1.54) is 11.1 Å². The van der Waals surface area contributed by atoms with E-state index in [0.717, 1.165) is 34.8 Å². The molecule has 4 heteroatoms. The van der Waals surface area contributed by atoms with Crippen molar-refractivity contribution in [2.75, 3.05) is 5.32 Å². The van der Waals surface area contributed by atoms with Crippen LogP contribution in [0, 0.1) is 12.3 Å². The molecule has 0 saturated heterocycles. The molecule has 2 aromatic rings. The number of nitrogens with zero attached hydrogens (tertiary/aromatic N) is 1. The molecule has 0 saturated carbocycles. The minimum Gasteiger partial charge on any atom is -0.342 e. The van der Waals surface area contributed by atoms with Crippen LogP contribution in [0.2, 0.25) is 0 Å². The molecule has 1 aliphatic heterocycles. The van der Waals surface area contributed by atoms with E-state index in [-0.39, 0.29) is 17.1 Å². The number of carbonyl (C=O) groups excluding carboxylic acids is 1. The molecule has 1 aromatic carbocycles. The van der Waals surface area contributed by atoms with Gasteiger partial charge in [-0.15, -0.1) is 0 Å². The van der Waals surface area contributed by atoms with Gasteiger partial charge in [-0.25, -0.2) is 0 Å². The molecule has 2 N–H and O–H groups in total. The fourth-order valence-electron chi connectivity index (χ4n) is 4.48. The minimum absolute atomic E-state index is 0.0200. The van der Waals surface area contributed by atoms with Crippen molar-refractivity contribution in [3.8, 4) is 0 Å². The summed E-state index contributed by atoms with van der Waals surface area (Å²) in [4.78, 5) is 13.2. The summed E-state index contributed by atoms with van der Waals surface area (Å²) in [5, 5.41) is 11.3. The Hall–Kier alpha value is -2.36. The highest BCUT2D eigenvalue weighted by Crippen LogP contribution is 2.50. The average molecular weight is 349 g/mol. The van der Waals surface area contributed by atoms with Crippen LogP contribution < -0.4 is 5.32 Å². The highest BCUT2D eigenvalue weighted by molar-refractivity contribution is 6.01. The van der Waals surface area contributed by atoms with Gasteiger partial charge in [-0.2, -0.15) is 5.10 Å². The second kappa shape index (κ2) is 5.83. The molecule has 0 amide bonds. The van der Waals surface area contributed by atoms with E-state index in [2.05, 4.69) is 74.4 Å². The van der Waals surface area contributed by atoms with Crippen LogP contribution >= 0.6 is 0 Å². The Morgan fingerprint density at radius 1 is 1.19 bits per heavy atom. The van der Waals surface area contributed by atoms with E-state index in [9.17, 15) is 4.79 Å². The largest absolute Gasteiger partial charge is 0.342 e. The number of anilines is 1. The number of ketones is 1. The van der Waals surface area contributed by atoms with Gasteiger partial charge in [0.2, 0.25) is 0 Å². The van der Waals surface area contributed by atoms with Gasteiger partial charge in [-0.1, -0.05) is 52.0 Å². The lowest BCUT2D eigenvalue weighted by Crippen LogP contribution is -2.34. The molecular formula is C22H27N3O. The third-order valence-corrected chi connectivity index (χ3v) is 5.68. The average Bonchev–Trinajstić information content (AvgIpc) is 2.96. The molecule has 4 rings (SSSR count). The third kappa shape index (κ3) is 2.59. The lowest BCUT2D eigenvalue weighted by molar-refractivity contribution is -0.118. The number of rotatable bonds is 2. The molecule has 1 aliphatic carbocycles. The monoisotopic (exact) mass is 349 g/mol. The molecule has 1 aromatic heterocycles. The van der Waals surface area contributed by atoms with Gasteiger partial charge in [-0.3, -0.25) is 9.89 Å². The number of hydrogen-bond donors (Lipinski definition) is 2. The van der Waals surface area contributed by atoms with Crippen molar-refractivity contribution >= 4 is 11.6 Å². The van der Waals surface area contributed by atoms with E-state index < -0.39 is 0 Å². The van der Waals surface area contributed by atoms with E-state index >= 15 is 0 Å². The van der Waals surface area contributed by atoms with Crippen molar-refractivity contribution in [1.29, 1.82) is 0 Å². The first kappa shape index (κ1) is 17.1. The molecule has 26 heavy (non-hydrogen) atoms. The van der Waals surface area contributed by atoms with Crippen LogP contribution in [0.1, 0.15) is 74.8 Å². The zero-order chi connectivity index (χ0) is 18.6. The second-order valence-corrected chi connectivity index (χ2v) is 8.80. The van der Waals surface area contributed by atoms with Crippen molar-refractivity contribution in [2.45, 2.75) is 59.3 Å². The Morgan fingerprint density at radius 3 is 2.62 bits per heavy atom. The summed E-state index contributed by atoms with van der Waals surface area (Å²) >= 11 is 0. The normalized spacial score (nSPS) is 21.5. The topological polar surface area (TPSA) is 57.8 Å². The van der Waals surface area contributed by atoms with Crippen LogP contribution in [-0.4, -0.2) is 16.0 Å². The van der Waals surface area contributed by atoms with Gasteiger partial charge in [0.1, 0.15) is 0 Å². The van der Waals surface area contributed by atoms with Gasteiger partial charge in [0.05, 0.1) is 0 Å². The Morgan fingerprint density at radius 2 is 1.92 bits per heavy atom. The lowest BCUT2D eigenvalue weighted by atomic mass is 9.68. The highest BCUT2D eigenvalue weighted by atomic mass is 16.1. The Labute approximate surface area is 155 Å². The van der Waals surface area contributed by atoms with Crippen LogP contribution in [0.5, 0.6) is 0 Å². The van der Waals surface area contributed by atoms with Crippen molar-refractivity contribution in [2.24, 2.45) is 5.41 Å². The maximum atomic E-state index is 13.2. The summed E-state index contributed by atoms with van der Waals surface area (Å²) in [6, 6.07) is 8.41. The van der Waals surface area contributed by atoms with Crippen molar-refractivity contribution in [1.82, 2.24) is 10.2 Å². The standard InChI is InChI=1S/C22H27N3O/c1-12(2)20-19-17(14-9-7-6-8-13(14)3)18-15(23-21(19)25-24-20)10-22(4,5)11-16(18)26/h6-9,12,17H,10-11H2,1-5H3,(H2,23,24,25). The number of benzene rings is 1. The maximum absolute atomic E-state index is 13.2. The molecular weight excluding hydrogens is 322 g/mol. The second-order valence-electron chi connectivity index (χ2n) is 8.80. The minimum atomic E-state index is -0.0396. The summed E-state index contributed by atoms with van der Waals surface area (Å²) in [7, 11) is 0. The molecule has 1 atom stereocenters. The van der Waals surface area contributed by atoms with Gasteiger partial charge in [0.15, 0.2) is 11.6 Å². The van der Waals surface area contributed by atoms with Gasteiger partial charge in [-0.05, 0) is 35.8 Å². The van der Waals surface area contributed by atoms with Gasteiger partial charge in [0.25, 0.3) is 0 Å². The van der Waals surface area contributed by atoms with Crippen molar-refractivity contribution in [3.63, 3.8) is 0 Å². The fourth-order valence-corrected chi connectivity index (χ4v) is 4.48. The molecule has 0 bridgehead atoms. The first-order chi connectivity index (χ1) is 12.3. The summed E-state index contributed by atoms with van der Waals surface area (Å²) in [5.41, 5.74) is 6.65. The van der Waals surface area contributed by atoms with Crippen LogP contribution in [0.25, 0.3) is 0 Å². The fraction of sp³-hybridized carbons (Fsp3) is 0.455. The van der Waals surface area contributed by atoms with Crippen LogP contribution in [0.3, 0.4) is 0 Å². The zero-order valence-electron chi connectivity index (χ0n) is 16.2. The first-order valence-corrected chi connectivity index (χ1v) is 9.45. The molecule has 0 fully saturated rings. The van der Waals surface area contributed by atoms with E-state index in [1.807, 2.05) is 0 Å². The van der Waals surface area contributed by atoms with Gasteiger partial charge < -0.3 is 5.32 Å². The Balaban J connectivity index is 1.98. The van der Waals surface area contributed by atoms with Crippen LogP contribution in [0.4, 0.5) is 5.82 Å². The van der Waals surface area contributed by atoms with Gasteiger partial charge >= 0.3 is 0 Å². The predicted molar refractivity (Wildman–Crippen MR) is 104 cm³/mol. The van der Waals surface area contributed by atoms with E-state index in [1.54, 1.807) is 0 Å². The number of H-pyrrole nitrogens is 1. The van der Waals surface area contributed by atoms with E-state index in [4.69, 9.17) is 0 Å². The molecule has 1 unspecified atom stereocenters. The SMILES string of the molecule is Cc1ccccc1C1C2=C(CC(C)(C)CC2=O)Nc2n[nH]c(C(C)C)c21. The smallest absolute Gasteiger partial charge is 0.162 e. The number of aromatic nitrogens is 2. The summed E-state index contributed by atoms with van der Waals surface area (Å²) in [6.07, 6.45) is 1.47. The number of Topliss-reactive ketones (excluding diaryl/α,β-unsaturated/α-hetero) is 1. The quantitative estimate of drug-likeness (QED) is 0.798. The summed E-state index contributed by atoms with van der Waals surface area (Å²) in [5.74, 6) is 1.42. The number of allylic oxidation sites excluding steroid dienone is 2. The molecule has 4 nitrogen and oxygen atoms in total. The number of aryl methyl sites for hydroxylation is 1. The summed E-state index contributed by atoms with van der Waals surface area (Å²) < 4.78 is 0. The molecule has 2 aliphatic rings. The third-order valence-electron chi connectivity index (χ3n) is 5.68. The lowest BCUT2D eigenvalue weighted by Gasteiger charge is -2.38.